The number of anilines is 1. The fourth-order valence-corrected chi connectivity index (χ4v) is 10.2. The van der Waals surface area contributed by atoms with Crippen LogP contribution in [-0.2, 0) is 33.5 Å². The summed E-state index contributed by atoms with van der Waals surface area (Å²) in [5.74, 6) is 1.78. The van der Waals surface area contributed by atoms with Crippen molar-refractivity contribution in [2.75, 3.05) is 24.3 Å². The van der Waals surface area contributed by atoms with Crippen LogP contribution in [0, 0.1) is 3.95 Å². The number of pyridine rings is 2. The number of hydrogen-bond acceptors (Lipinski definition) is 11. The molecule has 0 spiro atoms. The fourth-order valence-electron chi connectivity index (χ4n) is 6.65. The van der Waals surface area contributed by atoms with E-state index in [1.165, 1.54) is 16.2 Å². The molecule has 14 heteroatoms. The average molecular weight is 945 g/mol. The van der Waals surface area contributed by atoms with Gasteiger partial charge in [0.1, 0.15) is 4.71 Å². The summed E-state index contributed by atoms with van der Waals surface area (Å²) in [6.45, 7) is 25.2. The Bertz CT molecular complexity index is 2400. The first-order chi connectivity index (χ1) is 30.4. The third kappa shape index (κ3) is 14.2. The van der Waals surface area contributed by atoms with Crippen molar-refractivity contribution in [1.29, 1.82) is 0 Å². The number of thioether (sulfide) groups is 2. The van der Waals surface area contributed by atoms with Crippen molar-refractivity contribution in [3.8, 4) is 11.8 Å². The number of rotatable bonds is 18. The summed E-state index contributed by atoms with van der Waals surface area (Å²) in [7, 11) is 0. The third-order valence-corrected chi connectivity index (χ3v) is 14.4. The van der Waals surface area contributed by atoms with Gasteiger partial charge in [0.05, 0.1) is 35.3 Å². The van der Waals surface area contributed by atoms with Crippen LogP contribution in [0.1, 0.15) is 147 Å². The summed E-state index contributed by atoms with van der Waals surface area (Å²) in [4.78, 5) is 39.7. The van der Waals surface area contributed by atoms with Gasteiger partial charge in [0, 0.05) is 57.0 Å². The Hall–Kier alpha value is -4.11. The van der Waals surface area contributed by atoms with Crippen molar-refractivity contribution < 1.29 is 19.1 Å². The zero-order chi connectivity index (χ0) is 46.6. The fraction of sp³-hybridized carbons (Fsp3) is 0.500. The van der Waals surface area contributed by atoms with Crippen LogP contribution in [0.25, 0.3) is 10.2 Å². The molecule has 3 aromatic heterocycles. The smallest absolute Gasteiger partial charge is 0.227 e. The largest absolute Gasteiger partial charge is 0.477 e. The number of benzene rings is 2. The third-order valence-electron chi connectivity index (χ3n) is 10.9. The number of nitrogens with one attached hydrogen (secondary N) is 4. The first kappa shape index (κ1) is 50.9. The van der Waals surface area contributed by atoms with Gasteiger partial charge in [-0.2, -0.15) is 0 Å². The molecule has 3 unspecified atom stereocenters. The second kappa shape index (κ2) is 23.4. The number of H-pyrrole nitrogens is 1. The van der Waals surface area contributed by atoms with Gasteiger partial charge in [0.15, 0.2) is 3.95 Å². The molecule has 346 valence electrons. The summed E-state index contributed by atoms with van der Waals surface area (Å²) in [5.41, 5.74) is 7.80. The molecule has 10 nitrogen and oxygen atoms in total. The summed E-state index contributed by atoms with van der Waals surface area (Å²) in [6.07, 6.45) is 4.07. The van der Waals surface area contributed by atoms with Crippen LogP contribution in [-0.4, -0.2) is 50.4 Å². The molecule has 6 rings (SSSR count). The van der Waals surface area contributed by atoms with Crippen molar-refractivity contribution >= 4 is 74.8 Å². The average Bonchev–Trinajstić information content (AvgIpc) is 3.85. The number of carbonyl (C=O) groups is 2. The highest BCUT2D eigenvalue weighted by Gasteiger charge is 2.25. The summed E-state index contributed by atoms with van der Waals surface area (Å²) >= 11 is 10.5. The van der Waals surface area contributed by atoms with Crippen molar-refractivity contribution in [1.82, 2.24) is 25.6 Å². The molecule has 2 amide bonds. The van der Waals surface area contributed by atoms with E-state index in [0.717, 1.165) is 84.9 Å². The zero-order valence-electron chi connectivity index (χ0n) is 39.5. The van der Waals surface area contributed by atoms with Crippen molar-refractivity contribution in [3.05, 3.63) is 98.3 Å². The van der Waals surface area contributed by atoms with Crippen LogP contribution in [0.15, 0.2) is 65.6 Å². The highest BCUT2D eigenvalue weighted by atomic mass is 32.2. The van der Waals surface area contributed by atoms with Crippen LogP contribution < -0.4 is 25.4 Å². The van der Waals surface area contributed by atoms with Crippen LogP contribution in [0.2, 0.25) is 0 Å². The van der Waals surface area contributed by atoms with E-state index in [9.17, 15) is 9.59 Å². The van der Waals surface area contributed by atoms with E-state index in [1.807, 2.05) is 79.8 Å². The number of fused-ring (bicyclic) bond motifs is 2. The standard InChI is InChI=1S/C26H37N3O2S2.C24H31N3O2S2/c1-7-9-14-31-24-19(11-13-22(29-24)26(4,5)6)16-27-23(30)17(3)18-10-12-20-21(15-18)33-25(28-20)32-8-2;1-6-7-12-29-22-17(9-11-20(27-22)24(3,4)5)14-25-21(28)15(2)16-8-10-18-19(13-16)31-23(30)26-18/h10-13,15,17,25,28H,7-9,14,16H2,1-6H3,(H,27,30);8-11,13,15H,6-7,12,14H2,1-5H3,(H,25,28)(H,26,30). The minimum absolute atomic E-state index is 0.00444. The Balaban J connectivity index is 0.000000241. The molecule has 0 bridgehead atoms. The maximum Gasteiger partial charge on any atom is 0.227 e. The molecule has 0 saturated heterocycles. The molecule has 0 aliphatic carbocycles. The lowest BCUT2D eigenvalue weighted by atomic mass is 9.91. The van der Waals surface area contributed by atoms with Crippen LogP contribution >= 0.6 is 47.1 Å². The van der Waals surface area contributed by atoms with Crippen molar-refractivity contribution in [2.45, 2.75) is 147 Å². The molecule has 0 radical (unpaired) electrons. The molecular formula is C50H68N6O4S4. The molecule has 64 heavy (non-hydrogen) atoms. The first-order valence-corrected chi connectivity index (χ1v) is 25.7. The van der Waals surface area contributed by atoms with E-state index >= 15 is 0 Å². The molecule has 0 fully saturated rings. The Morgan fingerprint density at radius 2 is 1.28 bits per heavy atom. The minimum atomic E-state index is -0.272. The van der Waals surface area contributed by atoms with E-state index in [-0.39, 0.29) is 34.5 Å². The van der Waals surface area contributed by atoms with Crippen molar-refractivity contribution in [2.24, 2.45) is 0 Å². The highest BCUT2D eigenvalue weighted by Crippen LogP contribution is 2.44. The lowest BCUT2D eigenvalue weighted by molar-refractivity contribution is -0.123. The van der Waals surface area contributed by atoms with Gasteiger partial charge in [0.2, 0.25) is 23.6 Å². The number of carbonyl (C=O) groups excluding carboxylic acids is 2. The van der Waals surface area contributed by atoms with Gasteiger partial charge in [-0.1, -0.05) is 111 Å². The van der Waals surface area contributed by atoms with Crippen LogP contribution in [0.3, 0.4) is 0 Å². The molecule has 2 aromatic carbocycles. The Kier molecular flexibility index (Phi) is 18.6. The molecule has 3 atom stereocenters. The predicted molar refractivity (Wildman–Crippen MR) is 272 cm³/mol. The second-order valence-electron chi connectivity index (χ2n) is 18.2. The van der Waals surface area contributed by atoms with Gasteiger partial charge < -0.3 is 30.4 Å². The molecular weight excluding hydrogens is 877 g/mol. The summed E-state index contributed by atoms with van der Waals surface area (Å²) in [6, 6.07) is 20.4. The molecule has 5 aromatic rings. The van der Waals surface area contributed by atoms with E-state index in [4.69, 9.17) is 31.7 Å². The Morgan fingerprint density at radius 3 is 1.78 bits per heavy atom. The number of hydrogen-bond donors (Lipinski definition) is 4. The van der Waals surface area contributed by atoms with Crippen molar-refractivity contribution in [3.63, 3.8) is 0 Å². The van der Waals surface area contributed by atoms with Crippen LogP contribution in [0.5, 0.6) is 11.8 Å². The normalized spacial score (nSPS) is 14.5. The highest BCUT2D eigenvalue weighted by molar-refractivity contribution is 8.17. The number of thiazole rings is 1. The monoisotopic (exact) mass is 944 g/mol. The maximum absolute atomic E-state index is 13.0. The number of aromatic amines is 1. The quantitative estimate of drug-likeness (QED) is 0.0497. The van der Waals surface area contributed by atoms with E-state index in [1.54, 1.807) is 0 Å². The van der Waals surface area contributed by atoms with Gasteiger partial charge >= 0.3 is 0 Å². The summed E-state index contributed by atoms with van der Waals surface area (Å²) in [5, 5.41) is 9.68. The molecule has 1 aliphatic rings. The maximum atomic E-state index is 13.0. The molecule has 4 N–H and O–H groups in total. The number of aromatic nitrogens is 3. The SMILES string of the molecule is CCCCOc1nc(C(C)(C)C)ccc1CNC(=O)C(C)c1ccc2[nH]c(=S)sc2c1.CCCCOc1nc(C(C)(C)C)ccc1CNC(=O)C(C)c1ccc2c(c1)SC(SCC)N2. The number of ether oxygens (including phenoxy) is 2. The van der Waals surface area contributed by atoms with Gasteiger partial charge in [-0.3, -0.25) is 9.59 Å². The summed E-state index contributed by atoms with van der Waals surface area (Å²) < 4.78 is 14.1. The zero-order valence-corrected chi connectivity index (χ0v) is 42.8. The Labute approximate surface area is 398 Å². The van der Waals surface area contributed by atoms with Gasteiger partial charge in [-0.25, -0.2) is 9.97 Å². The van der Waals surface area contributed by atoms with Gasteiger partial charge in [0.25, 0.3) is 0 Å². The molecule has 0 saturated carbocycles. The second-order valence-corrected chi connectivity index (χ2v) is 22.7. The topological polar surface area (TPSA) is 130 Å². The van der Waals surface area contributed by atoms with E-state index in [2.05, 4.69) is 101 Å². The van der Waals surface area contributed by atoms with Gasteiger partial charge in [-0.15, -0.1) is 23.1 Å². The Morgan fingerprint density at radius 1 is 0.766 bits per heavy atom. The number of nitrogens with zero attached hydrogens (tertiary/aromatic N) is 2. The predicted octanol–water partition coefficient (Wildman–Crippen LogP) is 12.8. The minimum Gasteiger partial charge on any atom is -0.477 e. The van der Waals surface area contributed by atoms with E-state index in [0.29, 0.717) is 42.8 Å². The number of amides is 2. The molecule has 4 heterocycles. The molecule has 1 aliphatic heterocycles. The lowest BCUT2D eigenvalue weighted by Gasteiger charge is -2.20. The van der Waals surface area contributed by atoms with Gasteiger partial charge in [-0.05, 0) is 92.2 Å². The lowest BCUT2D eigenvalue weighted by Crippen LogP contribution is -2.28. The van der Waals surface area contributed by atoms with E-state index < -0.39 is 0 Å². The first-order valence-electron chi connectivity index (χ1n) is 22.5. The van der Waals surface area contributed by atoms with Crippen LogP contribution in [0.4, 0.5) is 5.69 Å². The number of unbranched alkanes of at least 4 members (excludes halogenated alkanes) is 2.